The number of hydrogen-bond donors (Lipinski definition) is 1. The maximum Gasteiger partial charge on any atom is 0.351 e. The van der Waals surface area contributed by atoms with Crippen molar-refractivity contribution >= 4 is 11.9 Å². The first-order valence-corrected chi connectivity index (χ1v) is 1.09. The van der Waals surface area contributed by atoms with Gasteiger partial charge in [-0.2, -0.15) is 0 Å². The molecule has 0 bridgehead atoms. The second-order valence-electron chi connectivity index (χ2n) is 0.593. The molecule has 0 saturated heterocycles. The van der Waals surface area contributed by atoms with E-state index in [1.807, 2.05) is 0 Å². The van der Waals surface area contributed by atoms with Crippen molar-refractivity contribution in [3.05, 3.63) is 0 Å². The predicted molar refractivity (Wildman–Crippen MR) is 19.9 cm³/mol. The Morgan fingerprint density at radius 2 is 1.33 bits per heavy atom. The van der Waals surface area contributed by atoms with Gasteiger partial charge in [0.05, 0.1) is 0 Å². The third-order valence-corrected chi connectivity index (χ3v) is 0.175. The number of carboxylic acid groups (broad SMARTS) is 2. The maximum atomic E-state index is 9.04. The summed E-state index contributed by atoms with van der Waals surface area (Å²) in [6, 6.07) is 0. The summed E-state index contributed by atoms with van der Waals surface area (Å²) < 4.78 is 0. The van der Waals surface area contributed by atoms with E-state index in [4.69, 9.17) is 19.8 Å². The van der Waals surface area contributed by atoms with Gasteiger partial charge in [0.15, 0.2) is 5.97 Å². The van der Waals surface area contributed by atoms with Gasteiger partial charge in [0.1, 0.15) is 0 Å². The Balaban J connectivity index is -0.0000000417. The number of carbonyl (C=O) groups is 2. The predicted octanol–water partition coefficient (Wildman–Crippen LogP) is -3.83. The van der Waals surface area contributed by atoms with Crippen molar-refractivity contribution in [2.24, 2.45) is 0 Å². The van der Waals surface area contributed by atoms with E-state index in [1.165, 1.54) is 0 Å². The normalized spacial score (nSPS) is 4.89. The van der Waals surface area contributed by atoms with E-state index >= 15 is 0 Å². The monoisotopic (exact) mass is 184 g/mol. The third-order valence-electron chi connectivity index (χ3n) is 0.175. The van der Waals surface area contributed by atoms with E-state index in [9.17, 15) is 0 Å². The molecular weight excluding hydrogens is 179 g/mol. The van der Waals surface area contributed by atoms with Crippen molar-refractivity contribution in [2.75, 3.05) is 0 Å². The zero-order valence-corrected chi connectivity index (χ0v) is 5.05. The van der Waals surface area contributed by atoms with E-state index in [-0.39, 0.29) is 27.7 Å². The SMILES string of the molecule is O.O.O=C([O-])C(=O)O.[Co]. The van der Waals surface area contributed by atoms with Crippen molar-refractivity contribution < 1.29 is 47.5 Å². The van der Waals surface area contributed by atoms with Crippen LogP contribution in [-0.2, 0) is 26.4 Å². The molecule has 0 atom stereocenters. The molecule has 0 fully saturated rings. The molecule has 0 aliphatic carbocycles. The van der Waals surface area contributed by atoms with E-state index in [1.54, 1.807) is 0 Å². The van der Waals surface area contributed by atoms with E-state index < -0.39 is 11.9 Å². The topological polar surface area (TPSA) is 140 Å². The number of carbonyl (C=O) groups excluding carboxylic acids is 1. The van der Waals surface area contributed by atoms with Gasteiger partial charge in [-0.15, -0.1) is 0 Å². The molecule has 0 aromatic rings. The summed E-state index contributed by atoms with van der Waals surface area (Å²) in [4.78, 5) is 18.0. The van der Waals surface area contributed by atoms with Gasteiger partial charge >= 0.3 is 5.97 Å². The summed E-state index contributed by atoms with van der Waals surface area (Å²) in [5.41, 5.74) is 0. The van der Waals surface area contributed by atoms with Gasteiger partial charge < -0.3 is 26.0 Å². The fraction of sp³-hybridized carbons (Fsp3) is 0. The van der Waals surface area contributed by atoms with E-state index in [0.717, 1.165) is 0 Å². The maximum absolute atomic E-state index is 9.04. The van der Waals surface area contributed by atoms with Gasteiger partial charge in [-0.1, -0.05) is 0 Å². The first-order chi connectivity index (χ1) is 2.64. The van der Waals surface area contributed by atoms with Crippen LogP contribution in [0.25, 0.3) is 0 Å². The van der Waals surface area contributed by atoms with Crippen LogP contribution in [0.15, 0.2) is 0 Å². The molecule has 0 amide bonds. The Hall–Kier alpha value is -0.634. The number of rotatable bonds is 0. The second-order valence-corrected chi connectivity index (χ2v) is 0.593. The molecule has 0 unspecified atom stereocenters. The van der Waals surface area contributed by atoms with Gasteiger partial charge in [-0.05, 0) is 0 Å². The molecule has 0 aromatic carbocycles. The number of hydrogen-bond acceptors (Lipinski definition) is 3. The van der Waals surface area contributed by atoms with E-state index in [2.05, 4.69) is 0 Å². The van der Waals surface area contributed by atoms with Crippen LogP contribution in [0.4, 0.5) is 0 Å². The zero-order valence-electron chi connectivity index (χ0n) is 4.01. The van der Waals surface area contributed by atoms with Gasteiger partial charge in [0, 0.05) is 16.8 Å². The first-order valence-electron chi connectivity index (χ1n) is 1.09. The molecule has 0 saturated carbocycles. The summed E-state index contributed by atoms with van der Waals surface area (Å²) in [7, 11) is 0. The molecule has 7 heteroatoms. The van der Waals surface area contributed by atoms with E-state index in [0.29, 0.717) is 0 Å². The average Bonchev–Trinajstić information content (AvgIpc) is 1.36. The second kappa shape index (κ2) is 10.4. The fourth-order valence-corrected chi connectivity index (χ4v) is 0. The molecule has 0 aliphatic rings. The minimum Gasteiger partial charge on any atom is -0.539 e. The van der Waals surface area contributed by atoms with Gasteiger partial charge in [-0.3, -0.25) is 0 Å². The minimum absolute atomic E-state index is 0. The third kappa shape index (κ3) is 18.7. The number of aliphatic carboxylic acids is 2. The summed E-state index contributed by atoms with van der Waals surface area (Å²) in [6.45, 7) is 0. The number of carboxylic acids is 2. The Morgan fingerprint density at radius 3 is 1.33 bits per heavy atom. The Bertz CT molecular complexity index is 77.1. The van der Waals surface area contributed by atoms with Crippen LogP contribution in [0.2, 0.25) is 0 Å². The Labute approximate surface area is 60.3 Å². The van der Waals surface area contributed by atoms with Crippen LogP contribution in [0.5, 0.6) is 0 Å². The molecule has 0 aliphatic heterocycles. The van der Waals surface area contributed by atoms with Crippen LogP contribution in [0, 0.1) is 0 Å². The van der Waals surface area contributed by atoms with Crippen LogP contribution >= 0.6 is 0 Å². The summed E-state index contributed by atoms with van der Waals surface area (Å²) in [5.74, 6) is -4.01. The Kier molecular flexibility index (Phi) is 27.4. The smallest absolute Gasteiger partial charge is 0.351 e. The molecule has 0 rings (SSSR count). The van der Waals surface area contributed by atoms with Crippen LogP contribution in [0.1, 0.15) is 0 Å². The van der Waals surface area contributed by atoms with Crippen molar-refractivity contribution in [2.45, 2.75) is 0 Å². The molecule has 9 heavy (non-hydrogen) atoms. The largest absolute Gasteiger partial charge is 0.539 e. The average molecular weight is 184 g/mol. The quantitative estimate of drug-likeness (QED) is 0.385. The Morgan fingerprint density at radius 1 is 1.22 bits per heavy atom. The van der Waals surface area contributed by atoms with Crippen molar-refractivity contribution in [3.63, 3.8) is 0 Å². The molecule has 0 aromatic heterocycles. The summed E-state index contributed by atoms with van der Waals surface area (Å²) in [5, 5.41) is 16.3. The van der Waals surface area contributed by atoms with Crippen LogP contribution in [0.3, 0.4) is 0 Å². The van der Waals surface area contributed by atoms with Crippen LogP contribution in [-0.4, -0.2) is 28.0 Å². The van der Waals surface area contributed by atoms with Crippen molar-refractivity contribution in [3.8, 4) is 0 Å². The molecule has 1 radical (unpaired) electrons. The van der Waals surface area contributed by atoms with Crippen LogP contribution < -0.4 is 5.11 Å². The fourth-order valence-electron chi connectivity index (χ4n) is 0. The molecule has 0 spiro atoms. The summed E-state index contributed by atoms with van der Waals surface area (Å²) in [6.07, 6.45) is 0. The first kappa shape index (κ1) is 23.8. The van der Waals surface area contributed by atoms with Gasteiger partial charge in [0.25, 0.3) is 0 Å². The van der Waals surface area contributed by atoms with Crippen molar-refractivity contribution in [1.82, 2.24) is 0 Å². The molecule has 6 nitrogen and oxygen atoms in total. The minimum atomic E-state index is -2.07. The summed E-state index contributed by atoms with van der Waals surface area (Å²) >= 11 is 0. The molecular formula is C2H5CoO6-. The van der Waals surface area contributed by atoms with Gasteiger partial charge in [-0.25, -0.2) is 4.79 Å². The molecule has 0 heterocycles. The van der Waals surface area contributed by atoms with Gasteiger partial charge in [0.2, 0.25) is 0 Å². The standard InChI is InChI=1S/C2H2O4.Co.2H2O/c3-1(4)2(5)6;;;/h(H,3,4)(H,5,6);;2*1H2/p-1. The van der Waals surface area contributed by atoms with Crippen molar-refractivity contribution in [1.29, 1.82) is 0 Å². The molecule has 59 valence electrons. The molecule has 5 N–H and O–H groups in total. The zero-order chi connectivity index (χ0) is 5.15.